The monoisotopic (exact) mass is 386 g/mol. The van der Waals surface area contributed by atoms with E-state index in [-0.39, 0.29) is 22.9 Å². The third kappa shape index (κ3) is 4.89. The highest BCUT2D eigenvalue weighted by Crippen LogP contribution is 2.27. The van der Waals surface area contributed by atoms with E-state index in [0.29, 0.717) is 5.56 Å². The number of halogens is 1. The predicted molar refractivity (Wildman–Crippen MR) is 98.0 cm³/mol. The molecule has 0 aromatic heterocycles. The first-order valence-corrected chi connectivity index (χ1v) is 8.24. The summed E-state index contributed by atoms with van der Waals surface area (Å²) in [5.41, 5.74) is -0.192. The molecule has 0 N–H and O–H groups in total. The van der Waals surface area contributed by atoms with Gasteiger partial charge in [-0.05, 0) is 37.3 Å². The number of esters is 2. The normalized spacial score (nSPS) is 10.0. The molecule has 0 saturated heterocycles. The summed E-state index contributed by atoms with van der Waals surface area (Å²) in [4.78, 5) is 47.6. The van der Waals surface area contributed by atoms with Crippen LogP contribution in [-0.2, 0) is 14.3 Å². The SMILES string of the molecule is C=C(C(=O)C(=O)OCC)C(=O)c1ccc(OC(=O)c2ccccc2)c(Cl)c1. The number of ether oxygens (including phenoxy) is 2. The molecule has 6 nitrogen and oxygen atoms in total. The van der Waals surface area contributed by atoms with Crippen LogP contribution in [0.15, 0.2) is 60.7 Å². The Morgan fingerprint density at radius 3 is 2.26 bits per heavy atom. The predicted octanol–water partition coefficient (Wildman–Crippen LogP) is 3.43. The summed E-state index contributed by atoms with van der Waals surface area (Å²) < 4.78 is 9.75. The topological polar surface area (TPSA) is 86.7 Å². The Hall–Kier alpha value is -3.25. The molecule has 0 heterocycles. The molecule has 0 bridgehead atoms. The first-order valence-electron chi connectivity index (χ1n) is 7.87. The standard InChI is InChI=1S/C20H15ClO6/c1-3-26-20(25)18(23)12(2)17(22)14-9-10-16(15(21)11-14)27-19(24)13-7-5-4-6-8-13/h4-11H,2-3H2,1H3. The Morgan fingerprint density at radius 1 is 1.00 bits per heavy atom. The van der Waals surface area contributed by atoms with E-state index in [1.807, 2.05) is 0 Å². The van der Waals surface area contributed by atoms with Crippen molar-refractivity contribution in [2.45, 2.75) is 6.92 Å². The minimum atomic E-state index is -1.16. The van der Waals surface area contributed by atoms with Gasteiger partial charge in [0.1, 0.15) is 5.75 Å². The molecule has 2 aromatic rings. The Morgan fingerprint density at radius 2 is 1.67 bits per heavy atom. The molecule has 0 aliphatic carbocycles. The summed E-state index contributed by atoms with van der Waals surface area (Å²) in [7, 11) is 0. The fourth-order valence-corrected chi connectivity index (χ4v) is 2.27. The van der Waals surface area contributed by atoms with E-state index in [1.54, 1.807) is 30.3 Å². The van der Waals surface area contributed by atoms with E-state index in [0.717, 1.165) is 0 Å². The second-order valence-corrected chi connectivity index (χ2v) is 5.67. The number of Topliss-reactive ketones (excluding diaryl/α,β-unsaturated/α-hetero) is 2. The van der Waals surface area contributed by atoms with Gasteiger partial charge in [0.2, 0.25) is 0 Å². The van der Waals surface area contributed by atoms with Gasteiger partial charge in [0.25, 0.3) is 5.78 Å². The average molecular weight is 387 g/mol. The minimum Gasteiger partial charge on any atom is -0.460 e. The van der Waals surface area contributed by atoms with E-state index in [1.165, 1.54) is 25.1 Å². The zero-order valence-corrected chi connectivity index (χ0v) is 15.1. The summed E-state index contributed by atoms with van der Waals surface area (Å²) in [6.07, 6.45) is 0. The quantitative estimate of drug-likeness (QED) is 0.138. The highest BCUT2D eigenvalue weighted by Gasteiger charge is 2.25. The average Bonchev–Trinajstić information content (AvgIpc) is 2.68. The number of carbonyl (C=O) groups is 4. The van der Waals surface area contributed by atoms with Crippen LogP contribution >= 0.6 is 11.6 Å². The molecule has 0 radical (unpaired) electrons. The van der Waals surface area contributed by atoms with Crippen molar-refractivity contribution < 1.29 is 28.7 Å². The maximum Gasteiger partial charge on any atom is 0.379 e. The third-order valence-corrected chi connectivity index (χ3v) is 3.71. The van der Waals surface area contributed by atoms with Crippen LogP contribution < -0.4 is 4.74 Å². The molecule has 0 aliphatic rings. The van der Waals surface area contributed by atoms with Crippen LogP contribution in [0.4, 0.5) is 0 Å². The second-order valence-electron chi connectivity index (χ2n) is 5.26. The van der Waals surface area contributed by atoms with Gasteiger partial charge < -0.3 is 9.47 Å². The molecule has 0 aliphatic heterocycles. The fourth-order valence-electron chi connectivity index (χ4n) is 2.06. The van der Waals surface area contributed by atoms with Gasteiger partial charge in [0.15, 0.2) is 5.78 Å². The number of hydrogen-bond donors (Lipinski definition) is 0. The Balaban J connectivity index is 2.15. The van der Waals surface area contributed by atoms with Crippen LogP contribution in [0.2, 0.25) is 5.02 Å². The van der Waals surface area contributed by atoms with Crippen LogP contribution in [0, 0.1) is 0 Å². The lowest BCUT2D eigenvalue weighted by molar-refractivity contribution is -0.151. The number of benzene rings is 2. The largest absolute Gasteiger partial charge is 0.460 e. The lowest BCUT2D eigenvalue weighted by Gasteiger charge is -2.08. The summed E-state index contributed by atoms with van der Waals surface area (Å²) >= 11 is 6.07. The van der Waals surface area contributed by atoms with E-state index in [4.69, 9.17) is 16.3 Å². The molecule has 27 heavy (non-hydrogen) atoms. The first kappa shape index (κ1) is 20.1. The summed E-state index contributed by atoms with van der Waals surface area (Å²) in [6, 6.07) is 12.1. The van der Waals surface area contributed by atoms with Crippen LogP contribution in [0.3, 0.4) is 0 Å². The maximum atomic E-state index is 12.3. The molecule has 0 spiro atoms. The second kappa shape index (κ2) is 8.91. The van der Waals surface area contributed by atoms with Gasteiger partial charge in [-0.3, -0.25) is 9.59 Å². The summed E-state index contributed by atoms with van der Waals surface area (Å²) in [6.45, 7) is 4.88. The molecular weight excluding hydrogens is 372 g/mol. The molecule has 138 valence electrons. The highest BCUT2D eigenvalue weighted by molar-refractivity contribution is 6.48. The van der Waals surface area contributed by atoms with E-state index in [2.05, 4.69) is 11.3 Å². The Kier molecular flexibility index (Phi) is 6.62. The Bertz CT molecular complexity index is 917. The molecule has 0 atom stereocenters. The fraction of sp³-hybridized carbons (Fsp3) is 0.100. The van der Waals surface area contributed by atoms with Crippen molar-refractivity contribution >= 4 is 35.1 Å². The highest BCUT2D eigenvalue weighted by atomic mass is 35.5. The Labute approximate surface area is 160 Å². The summed E-state index contributed by atoms with van der Waals surface area (Å²) in [5.74, 6) is -3.63. The number of rotatable bonds is 7. The van der Waals surface area contributed by atoms with Crippen molar-refractivity contribution in [3.05, 3.63) is 76.8 Å². The minimum absolute atomic E-state index is 0.000644. The molecule has 0 unspecified atom stereocenters. The van der Waals surface area contributed by atoms with Crippen molar-refractivity contribution in [3.63, 3.8) is 0 Å². The maximum absolute atomic E-state index is 12.3. The molecule has 7 heteroatoms. The zero-order valence-electron chi connectivity index (χ0n) is 14.4. The zero-order chi connectivity index (χ0) is 20.0. The van der Waals surface area contributed by atoms with Crippen molar-refractivity contribution in [2.24, 2.45) is 0 Å². The van der Waals surface area contributed by atoms with E-state index < -0.39 is 29.1 Å². The smallest absolute Gasteiger partial charge is 0.379 e. The molecule has 0 amide bonds. The summed E-state index contributed by atoms with van der Waals surface area (Å²) in [5, 5.41) is -0.0125. The number of ketones is 2. The van der Waals surface area contributed by atoms with Gasteiger partial charge >= 0.3 is 11.9 Å². The van der Waals surface area contributed by atoms with Gasteiger partial charge in [-0.15, -0.1) is 0 Å². The van der Waals surface area contributed by atoms with Crippen molar-refractivity contribution in [2.75, 3.05) is 6.61 Å². The number of carbonyl (C=O) groups excluding carboxylic acids is 4. The molecular formula is C20H15ClO6. The van der Waals surface area contributed by atoms with Crippen molar-refractivity contribution in [3.8, 4) is 5.75 Å². The van der Waals surface area contributed by atoms with Crippen LogP contribution in [-0.4, -0.2) is 30.1 Å². The van der Waals surface area contributed by atoms with Gasteiger partial charge in [-0.25, -0.2) is 9.59 Å². The first-order chi connectivity index (χ1) is 12.8. The molecule has 0 fully saturated rings. The van der Waals surface area contributed by atoms with E-state index in [9.17, 15) is 19.2 Å². The van der Waals surface area contributed by atoms with Gasteiger partial charge in [-0.2, -0.15) is 0 Å². The molecule has 2 aromatic carbocycles. The van der Waals surface area contributed by atoms with Crippen molar-refractivity contribution in [1.29, 1.82) is 0 Å². The van der Waals surface area contributed by atoms with Gasteiger partial charge in [0.05, 0.1) is 22.8 Å². The van der Waals surface area contributed by atoms with E-state index >= 15 is 0 Å². The lowest BCUT2D eigenvalue weighted by atomic mass is 10.0. The third-order valence-electron chi connectivity index (χ3n) is 3.42. The number of hydrogen-bond acceptors (Lipinski definition) is 6. The van der Waals surface area contributed by atoms with Crippen LogP contribution in [0.1, 0.15) is 27.6 Å². The molecule has 0 saturated carbocycles. The molecule has 2 rings (SSSR count). The lowest BCUT2D eigenvalue weighted by Crippen LogP contribution is -2.23. The van der Waals surface area contributed by atoms with Gasteiger partial charge in [0, 0.05) is 5.56 Å². The van der Waals surface area contributed by atoms with Crippen molar-refractivity contribution in [1.82, 2.24) is 0 Å². The van der Waals surface area contributed by atoms with Crippen LogP contribution in [0.25, 0.3) is 0 Å². The van der Waals surface area contributed by atoms with Crippen LogP contribution in [0.5, 0.6) is 5.75 Å². The van der Waals surface area contributed by atoms with Gasteiger partial charge in [-0.1, -0.05) is 36.4 Å².